The third kappa shape index (κ3) is 2.68. The maximum absolute atomic E-state index is 10.6. The molecule has 1 aromatic carbocycles. The molecule has 0 aliphatic rings. The Morgan fingerprint density at radius 2 is 2.29 bits per heavy atom. The number of aliphatic carboxylic acids is 1. The summed E-state index contributed by atoms with van der Waals surface area (Å²) in [6.45, 7) is 0. The van der Waals surface area contributed by atoms with Crippen molar-refractivity contribution in [3.05, 3.63) is 30.5 Å². The molecule has 0 atom stereocenters. The van der Waals surface area contributed by atoms with Crippen LogP contribution in [0.1, 0.15) is 0 Å². The molecule has 1 N–H and O–H groups in total. The van der Waals surface area contributed by atoms with Crippen LogP contribution in [0.5, 0.6) is 5.75 Å². The van der Waals surface area contributed by atoms with Crippen molar-refractivity contribution >= 4 is 28.6 Å². The molecular formula is C12H11NO3S. The Hall–Kier alpha value is -1.75. The van der Waals surface area contributed by atoms with Crippen LogP contribution in [0.15, 0.2) is 35.4 Å². The van der Waals surface area contributed by atoms with Crippen LogP contribution < -0.4 is 4.74 Å². The molecule has 0 saturated carbocycles. The second-order valence-electron chi connectivity index (χ2n) is 3.37. The first kappa shape index (κ1) is 11.7. The topological polar surface area (TPSA) is 59.4 Å². The molecule has 4 nitrogen and oxygen atoms in total. The highest BCUT2D eigenvalue weighted by atomic mass is 32.2. The van der Waals surface area contributed by atoms with E-state index in [1.807, 2.05) is 24.3 Å². The van der Waals surface area contributed by atoms with Gasteiger partial charge in [0.25, 0.3) is 0 Å². The van der Waals surface area contributed by atoms with E-state index in [4.69, 9.17) is 9.84 Å². The fourth-order valence-corrected chi connectivity index (χ4v) is 2.26. The zero-order chi connectivity index (χ0) is 12.3. The van der Waals surface area contributed by atoms with Gasteiger partial charge in [0.2, 0.25) is 0 Å². The number of carbonyl (C=O) groups is 1. The number of pyridine rings is 1. The maximum Gasteiger partial charge on any atom is 0.313 e. The number of hydrogen-bond donors (Lipinski definition) is 1. The quantitative estimate of drug-likeness (QED) is 0.843. The lowest BCUT2D eigenvalue weighted by Crippen LogP contribution is -1.97. The van der Waals surface area contributed by atoms with E-state index >= 15 is 0 Å². The van der Waals surface area contributed by atoms with Crippen LogP contribution in [0, 0.1) is 0 Å². The second-order valence-corrected chi connectivity index (χ2v) is 4.39. The Morgan fingerprint density at radius 3 is 3.00 bits per heavy atom. The number of rotatable bonds is 4. The van der Waals surface area contributed by atoms with Crippen LogP contribution in [-0.4, -0.2) is 28.9 Å². The Bertz CT molecular complexity index is 556. The number of aromatic nitrogens is 1. The predicted molar refractivity (Wildman–Crippen MR) is 66.7 cm³/mol. The van der Waals surface area contributed by atoms with Crippen molar-refractivity contribution < 1.29 is 14.6 Å². The van der Waals surface area contributed by atoms with Gasteiger partial charge in [0.05, 0.1) is 18.4 Å². The van der Waals surface area contributed by atoms with Crippen LogP contribution in [0.2, 0.25) is 0 Å². The van der Waals surface area contributed by atoms with Crippen molar-refractivity contribution in [3.63, 3.8) is 0 Å². The minimum absolute atomic E-state index is 0.0468. The Balaban J connectivity index is 2.39. The van der Waals surface area contributed by atoms with Crippen LogP contribution in [0.25, 0.3) is 10.9 Å². The van der Waals surface area contributed by atoms with Gasteiger partial charge in [-0.15, -0.1) is 11.8 Å². The molecule has 2 aromatic rings. The van der Waals surface area contributed by atoms with E-state index in [0.29, 0.717) is 0 Å². The third-order valence-corrected chi connectivity index (χ3v) is 3.32. The van der Waals surface area contributed by atoms with E-state index < -0.39 is 5.97 Å². The first-order valence-electron chi connectivity index (χ1n) is 4.98. The molecule has 0 saturated heterocycles. The van der Waals surface area contributed by atoms with Crippen LogP contribution >= 0.6 is 11.8 Å². The average Bonchev–Trinajstić information content (AvgIpc) is 2.35. The van der Waals surface area contributed by atoms with E-state index in [2.05, 4.69) is 4.98 Å². The van der Waals surface area contributed by atoms with E-state index in [1.165, 1.54) is 11.8 Å². The minimum atomic E-state index is -0.825. The second kappa shape index (κ2) is 5.05. The van der Waals surface area contributed by atoms with Crippen LogP contribution in [-0.2, 0) is 4.79 Å². The van der Waals surface area contributed by atoms with Crippen molar-refractivity contribution in [2.24, 2.45) is 0 Å². The van der Waals surface area contributed by atoms with E-state index in [1.54, 1.807) is 13.3 Å². The first-order chi connectivity index (χ1) is 8.20. The molecule has 0 fully saturated rings. The van der Waals surface area contributed by atoms with Gasteiger partial charge in [0.15, 0.2) is 0 Å². The molecule has 17 heavy (non-hydrogen) atoms. The zero-order valence-electron chi connectivity index (χ0n) is 9.21. The summed E-state index contributed by atoms with van der Waals surface area (Å²) < 4.78 is 5.12. The van der Waals surface area contributed by atoms with Gasteiger partial charge >= 0.3 is 5.97 Å². The molecule has 0 aliphatic heterocycles. The SMILES string of the molecule is COc1ccc2c(SCC(=O)O)ccnc2c1. The number of benzene rings is 1. The lowest BCUT2D eigenvalue weighted by atomic mass is 10.2. The third-order valence-electron chi connectivity index (χ3n) is 2.26. The minimum Gasteiger partial charge on any atom is -0.497 e. The Kier molecular flexibility index (Phi) is 3.49. The molecule has 2 rings (SSSR count). The molecule has 0 radical (unpaired) electrons. The van der Waals surface area contributed by atoms with Crippen molar-refractivity contribution in [1.29, 1.82) is 0 Å². The first-order valence-corrected chi connectivity index (χ1v) is 5.96. The zero-order valence-corrected chi connectivity index (χ0v) is 10.0. The highest BCUT2D eigenvalue weighted by Gasteiger charge is 2.06. The largest absolute Gasteiger partial charge is 0.497 e. The molecule has 0 spiro atoms. The number of methoxy groups -OCH3 is 1. The summed E-state index contributed by atoms with van der Waals surface area (Å²) in [6.07, 6.45) is 1.67. The lowest BCUT2D eigenvalue weighted by Gasteiger charge is -2.05. The van der Waals surface area contributed by atoms with Gasteiger partial charge in [-0.25, -0.2) is 0 Å². The van der Waals surface area contributed by atoms with E-state index in [9.17, 15) is 4.79 Å². The number of fused-ring (bicyclic) bond motifs is 1. The van der Waals surface area contributed by atoms with Gasteiger partial charge in [-0.05, 0) is 18.2 Å². The highest BCUT2D eigenvalue weighted by molar-refractivity contribution is 8.00. The molecule has 1 heterocycles. The maximum atomic E-state index is 10.6. The van der Waals surface area contributed by atoms with Crippen molar-refractivity contribution in [1.82, 2.24) is 4.98 Å². The summed E-state index contributed by atoms with van der Waals surface area (Å²) in [4.78, 5) is 15.7. The fraction of sp³-hybridized carbons (Fsp3) is 0.167. The average molecular weight is 249 g/mol. The van der Waals surface area contributed by atoms with Gasteiger partial charge in [-0.2, -0.15) is 0 Å². The van der Waals surface area contributed by atoms with E-state index in [-0.39, 0.29) is 5.75 Å². The van der Waals surface area contributed by atoms with Gasteiger partial charge in [-0.1, -0.05) is 0 Å². The highest BCUT2D eigenvalue weighted by Crippen LogP contribution is 2.28. The molecule has 0 bridgehead atoms. The fourth-order valence-electron chi connectivity index (χ4n) is 1.49. The van der Waals surface area contributed by atoms with E-state index in [0.717, 1.165) is 21.5 Å². The number of ether oxygens (including phenoxy) is 1. The van der Waals surface area contributed by atoms with Gasteiger partial charge in [0.1, 0.15) is 5.75 Å². The molecule has 0 amide bonds. The van der Waals surface area contributed by atoms with Crippen molar-refractivity contribution in [2.45, 2.75) is 4.90 Å². The molecular weight excluding hydrogens is 238 g/mol. The normalized spacial score (nSPS) is 10.4. The monoisotopic (exact) mass is 249 g/mol. The number of carboxylic acids is 1. The molecule has 0 unspecified atom stereocenters. The standard InChI is InChI=1S/C12H11NO3S/c1-16-8-2-3-9-10(6-8)13-5-4-11(9)17-7-12(14)15/h2-6H,7H2,1H3,(H,14,15). The summed E-state index contributed by atoms with van der Waals surface area (Å²) in [5, 5.41) is 9.62. The lowest BCUT2D eigenvalue weighted by molar-refractivity contribution is -0.133. The van der Waals surface area contributed by atoms with Crippen LogP contribution in [0.3, 0.4) is 0 Å². The number of nitrogens with zero attached hydrogens (tertiary/aromatic N) is 1. The van der Waals surface area contributed by atoms with Crippen molar-refractivity contribution in [2.75, 3.05) is 12.9 Å². The smallest absolute Gasteiger partial charge is 0.313 e. The predicted octanol–water partition coefficient (Wildman–Crippen LogP) is 2.42. The Labute approximate surface area is 103 Å². The summed E-state index contributed by atoms with van der Waals surface area (Å²) in [5.41, 5.74) is 0.805. The molecule has 5 heteroatoms. The van der Waals surface area contributed by atoms with Crippen LogP contribution in [0.4, 0.5) is 0 Å². The summed E-state index contributed by atoms with van der Waals surface area (Å²) in [7, 11) is 1.60. The molecule has 0 aliphatic carbocycles. The molecule has 1 aromatic heterocycles. The van der Waals surface area contributed by atoms with Crippen molar-refractivity contribution in [3.8, 4) is 5.75 Å². The summed E-state index contributed by atoms with van der Waals surface area (Å²) in [5.74, 6) is -0.0376. The van der Waals surface area contributed by atoms with Gasteiger partial charge in [0, 0.05) is 22.5 Å². The summed E-state index contributed by atoms with van der Waals surface area (Å²) in [6, 6.07) is 7.39. The Morgan fingerprint density at radius 1 is 1.47 bits per heavy atom. The van der Waals surface area contributed by atoms with Gasteiger partial charge in [-0.3, -0.25) is 9.78 Å². The van der Waals surface area contributed by atoms with Gasteiger partial charge < -0.3 is 9.84 Å². The summed E-state index contributed by atoms with van der Waals surface area (Å²) >= 11 is 1.29. The number of thioether (sulfide) groups is 1. The number of hydrogen-bond acceptors (Lipinski definition) is 4. The molecule has 88 valence electrons. The number of carboxylic acid groups (broad SMARTS) is 1.